The number of rotatable bonds is 3. The van der Waals surface area contributed by atoms with Crippen molar-refractivity contribution in [2.24, 2.45) is 11.3 Å². The summed E-state index contributed by atoms with van der Waals surface area (Å²) in [7, 11) is 0. The second-order valence-electron chi connectivity index (χ2n) is 6.51. The highest BCUT2D eigenvalue weighted by Gasteiger charge is 2.27. The molecule has 0 spiro atoms. The summed E-state index contributed by atoms with van der Waals surface area (Å²) in [6, 6.07) is 0. The molecule has 2 heteroatoms. The minimum atomic E-state index is 0.617. The van der Waals surface area contributed by atoms with Gasteiger partial charge in [0, 0.05) is 26.2 Å². The van der Waals surface area contributed by atoms with E-state index in [1.807, 2.05) is 0 Å². The first kappa shape index (κ1) is 12.4. The third-order valence-corrected chi connectivity index (χ3v) is 4.37. The van der Waals surface area contributed by atoms with E-state index in [-0.39, 0.29) is 0 Å². The monoisotopic (exact) mass is 224 g/mol. The van der Waals surface area contributed by atoms with Crippen molar-refractivity contribution in [3.8, 4) is 0 Å². The highest BCUT2D eigenvalue weighted by atomic mass is 15.2. The smallest absolute Gasteiger partial charge is 0.0107 e. The third-order valence-electron chi connectivity index (χ3n) is 4.37. The average molecular weight is 224 g/mol. The summed E-state index contributed by atoms with van der Waals surface area (Å²) >= 11 is 0. The Labute approximate surface area is 101 Å². The molecule has 0 aromatic rings. The van der Waals surface area contributed by atoms with Crippen LogP contribution in [0, 0.1) is 11.3 Å². The van der Waals surface area contributed by atoms with E-state index in [0.29, 0.717) is 5.41 Å². The molecule has 1 aliphatic carbocycles. The van der Waals surface area contributed by atoms with Gasteiger partial charge in [0.2, 0.25) is 0 Å². The Morgan fingerprint density at radius 2 is 2.00 bits per heavy atom. The maximum atomic E-state index is 3.42. The van der Waals surface area contributed by atoms with Crippen molar-refractivity contribution >= 4 is 0 Å². The largest absolute Gasteiger partial charge is 0.314 e. The molecule has 0 amide bonds. The molecule has 0 aromatic heterocycles. The van der Waals surface area contributed by atoms with Crippen LogP contribution in [0.2, 0.25) is 0 Å². The molecule has 94 valence electrons. The Hall–Kier alpha value is -0.0800. The normalized spacial score (nSPS) is 31.5. The maximum absolute atomic E-state index is 3.42. The SMILES string of the molecule is CC1(C)CCCC(CCN2CCNCC2)C1. The lowest BCUT2D eigenvalue weighted by Gasteiger charge is -2.36. The number of nitrogens with zero attached hydrogens (tertiary/aromatic N) is 1. The standard InChI is InChI=1S/C14H28N2/c1-14(2)6-3-4-13(12-14)5-9-16-10-7-15-8-11-16/h13,15H,3-12H2,1-2H3. The van der Waals surface area contributed by atoms with Crippen molar-refractivity contribution in [3.63, 3.8) is 0 Å². The van der Waals surface area contributed by atoms with Crippen molar-refractivity contribution in [3.05, 3.63) is 0 Å². The van der Waals surface area contributed by atoms with Gasteiger partial charge >= 0.3 is 0 Å². The van der Waals surface area contributed by atoms with Gasteiger partial charge in [-0.1, -0.05) is 26.7 Å². The molecule has 16 heavy (non-hydrogen) atoms. The fourth-order valence-electron chi connectivity index (χ4n) is 3.40. The van der Waals surface area contributed by atoms with E-state index >= 15 is 0 Å². The van der Waals surface area contributed by atoms with Gasteiger partial charge in [-0.05, 0) is 37.1 Å². The van der Waals surface area contributed by atoms with Gasteiger partial charge < -0.3 is 10.2 Å². The van der Waals surface area contributed by atoms with Gasteiger partial charge in [0.15, 0.2) is 0 Å². The summed E-state index contributed by atoms with van der Waals surface area (Å²) in [4.78, 5) is 2.64. The van der Waals surface area contributed by atoms with Gasteiger partial charge in [-0.2, -0.15) is 0 Å². The summed E-state index contributed by atoms with van der Waals surface area (Å²) in [6.45, 7) is 11.1. The van der Waals surface area contributed by atoms with Gasteiger partial charge in [-0.3, -0.25) is 0 Å². The number of nitrogens with one attached hydrogen (secondary N) is 1. The van der Waals surface area contributed by atoms with E-state index < -0.39 is 0 Å². The molecular formula is C14H28N2. The number of hydrogen-bond donors (Lipinski definition) is 1. The first-order valence-electron chi connectivity index (χ1n) is 7.09. The van der Waals surface area contributed by atoms with Crippen molar-refractivity contribution in [1.29, 1.82) is 0 Å². The molecule has 1 N–H and O–H groups in total. The Morgan fingerprint density at radius 3 is 2.69 bits per heavy atom. The van der Waals surface area contributed by atoms with Gasteiger partial charge in [-0.15, -0.1) is 0 Å². The zero-order valence-electron chi connectivity index (χ0n) is 11.1. The minimum Gasteiger partial charge on any atom is -0.314 e. The number of piperazine rings is 1. The van der Waals surface area contributed by atoms with Crippen LogP contribution in [0.5, 0.6) is 0 Å². The molecule has 2 nitrogen and oxygen atoms in total. The molecule has 1 aliphatic heterocycles. The summed E-state index contributed by atoms with van der Waals surface area (Å²) in [5.74, 6) is 0.999. The Bertz CT molecular complexity index is 207. The summed E-state index contributed by atoms with van der Waals surface area (Å²) in [5.41, 5.74) is 0.617. The van der Waals surface area contributed by atoms with E-state index in [1.54, 1.807) is 0 Å². The summed E-state index contributed by atoms with van der Waals surface area (Å²) in [5, 5.41) is 3.42. The van der Waals surface area contributed by atoms with E-state index in [1.165, 1.54) is 64.8 Å². The molecule has 0 aromatic carbocycles. The molecule has 1 atom stereocenters. The third kappa shape index (κ3) is 3.74. The molecule has 0 bridgehead atoms. The van der Waals surface area contributed by atoms with E-state index in [0.717, 1.165) is 5.92 Å². The Balaban J connectivity index is 1.68. The van der Waals surface area contributed by atoms with Crippen LogP contribution in [-0.4, -0.2) is 37.6 Å². The lowest BCUT2D eigenvalue weighted by Crippen LogP contribution is -2.44. The van der Waals surface area contributed by atoms with Crippen molar-refractivity contribution in [2.45, 2.75) is 46.0 Å². The maximum Gasteiger partial charge on any atom is 0.0107 e. The second-order valence-corrected chi connectivity index (χ2v) is 6.51. The van der Waals surface area contributed by atoms with Crippen LogP contribution in [-0.2, 0) is 0 Å². The number of hydrogen-bond acceptors (Lipinski definition) is 2. The lowest BCUT2D eigenvalue weighted by atomic mass is 9.71. The first-order chi connectivity index (χ1) is 7.66. The Morgan fingerprint density at radius 1 is 1.25 bits per heavy atom. The first-order valence-corrected chi connectivity index (χ1v) is 7.09. The zero-order chi connectivity index (χ0) is 11.4. The quantitative estimate of drug-likeness (QED) is 0.792. The van der Waals surface area contributed by atoms with Gasteiger partial charge in [-0.25, -0.2) is 0 Å². The molecule has 2 fully saturated rings. The molecule has 1 saturated carbocycles. The fraction of sp³-hybridized carbons (Fsp3) is 1.00. The molecule has 2 rings (SSSR count). The van der Waals surface area contributed by atoms with Gasteiger partial charge in [0.1, 0.15) is 0 Å². The molecule has 2 aliphatic rings. The average Bonchev–Trinajstić information content (AvgIpc) is 2.27. The van der Waals surface area contributed by atoms with Crippen molar-refractivity contribution < 1.29 is 0 Å². The highest BCUT2D eigenvalue weighted by Crippen LogP contribution is 2.39. The predicted octanol–water partition coefficient (Wildman–Crippen LogP) is 2.50. The van der Waals surface area contributed by atoms with Gasteiger partial charge in [0.05, 0.1) is 0 Å². The van der Waals surface area contributed by atoms with E-state index in [4.69, 9.17) is 0 Å². The van der Waals surface area contributed by atoms with Crippen LogP contribution >= 0.6 is 0 Å². The van der Waals surface area contributed by atoms with Crippen molar-refractivity contribution in [1.82, 2.24) is 10.2 Å². The van der Waals surface area contributed by atoms with Crippen LogP contribution in [0.25, 0.3) is 0 Å². The Kier molecular flexibility index (Phi) is 4.26. The molecule has 1 saturated heterocycles. The summed E-state index contributed by atoms with van der Waals surface area (Å²) in [6.07, 6.45) is 7.27. The van der Waals surface area contributed by atoms with Crippen LogP contribution in [0.1, 0.15) is 46.0 Å². The van der Waals surface area contributed by atoms with E-state index in [9.17, 15) is 0 Å². The fourth-order valence-corrected chi connectivity index (χ4v) is 3.40. The topological polar surface area (TPSA) is 15.3 Å². The zero-order valence-corrected chi connectivity index (χ0v) is 11.1. The lowest BCUT2D eigenvalue weighted by molar-refractivity contribution is 0.150. The highest BCUT2D eigenvalue weighted by molar-refractivity contribution is 4.80. The molecule has 1 heterocycles. The van der Waals surface area contributed by atoms with Crippen LogP contribution in [0.3, 0.4) is 0 Å². The second kappa shape index (κ2) is 5.50. The molecule has 1 unspecified atom stereocenters. The van der Waals surface area contributed by atoms with Crippen LogP contribution < -0.4 is 5.32 Å². The van der Waals surface area contributed by atoms with E-state index in [2.05, 4.69) is 24.1 Å². The summed E-state index contributed by atoms with van der Waals surface area (Å²) < 4.78 is 0. The minimum absolute atomic E-state index is 0.617. The predicted molar refractivity (Wildman–Crippen MR) is 69.7 cm³/mol. The molecular weight excluding hydrogens is 196 g/mol. The van der Waals surface area contributed by atoms with Crippen LogP contribution in [0.15, 0.2) is 0 Å². The molecule has 0 radical (unpaired) electrons. The van der Waals surface area contributed by atoms with Gasteiger partial charge in [0.25, 0.3) is 0 Å². The van der Waals surface area contributed by atoms with Crippen molar-refractivity contribution in [2.75, 3.05) is 32.7 Å². The van der Waals surface area contributed by atoms with Crippen LogP contribution in [0.4, 0.5) is 0 Å².